The number of anilines is 1. The van der Waals surface area contributed by atoms with Crippen LogP contribution in [0.2, 0.25) is 5.02 Å². The molecule has 3 heterocycles. The lowest BCUT2D eigenvalue weighted by Crippen LogP contribution is -2.47. The van der Waals surface area contributed by atoms with Crippen LogP contribution in [-0.2, 0) is 6.42 Å². The fraction of sp³-hybridized carbons (Fsp3) is 0.333. The summed E-state index contributed by atoms with van der Waals surface area (Å²) in [6.07, 6.45) is 2.52. The molecular formula is C21H23ClN4O. The Kier molecular flexibility index (Phi) is 5.14. The molecule has 1 aliphatic rings. The van der Waals surface area contributed by atoms with Gasteiger partial charge >= 0.3 is 0 Å². The van der Waals surface area contributed by atoms with Gasteiger partial charge in [0.25, 0.3) is 5.56 Å². The van der Waals surface area contributed by atoms with E-state index in [1.54, 1.807) is 10.6 Å². The number of aryl methyl sites for hydroxylation is 1. The monoisotopic (exact) mass is 382 g/mol. The Morgan fingerprint density at radius 1 is 1.07 bits per heavy atom. The van der Waals surface area contributed by atoms with E-state index in [2.05, 4.69) is 20.9 Å². The maximum atomic E-state index is 12.8. The van der Waals surface area contributed by atoms with E-state index < -0.39 is 0 Å². The zero-order valence-electron chi connectivity index (χ0n) is 15.4. The first-order valence-electron chi connectivity index (χ1n) is 9.31. The van der Waals surface area contributed by atoms with Crippen LogP contribution in [0.1, 0.15) is 11.3 Å². The molecule has 27 heavy (non-hydrogen) atoms. The Hall–Kier alpha value is -2.37. The maximum absolute atomic E-state index is 12.8. The molecule has 0 spiro atoms. The van der Waals surface area contributed by atoms with Crippen LogP contribution in [0.3, 0.4) is 0 Å². The van der Waals surface area contributed by atoms with Crippen LogP contribution in [0.25, 0.3) is 5.65 Å². The Labute approximate surface area is 163 Å². The summed E-state index contributed by atoms with van der Waals surface area (Å²) in [7, 11) is 0. The largest absolute Gasteiger partial charge is 0.369 e. The van der Waals surface area contributed by atoms with Crippen LogP contribution >= 0.6 is 11.6 Å². The van der Waals surface area contributed by atoms with Crippen molar-refractivity contribution in [3.63, 3.8) is 0 Å². The Morgan fingerprint density at radius 2 is 1.89 bits per heavy atom. The Bertz CT molecular complexity index is 1010. The van der Waals surface area contributed by atoms with E-state index in [9.17, 15) is 4.79 Å². The van der Waals surface area contributed by atoms with E-state index in [0.717, 1.165) is 55.4 Å². The van der Waals surface area contributed by atoms with Gasteiger partial charge in [-0.3, -0.25) is 14.1 Å². The summed E-state index contributed by atoms with van der Waals surface area (Å²) >= 11 is 6.11. The first-order chi connectivity index (χ1) is 13.1. The zero-order chi connectivity index (χ0) is 18.8. The number of fused-ring (bicyclic) bond motifs is 1. The van der Waals surface area contributed by atoms with Gasteiger partial charge in [-0.2, -0.15) is 0 Å². The normalized spacial score (nSPS) is 15.4. The minimum absolute atomic E-state index is 0.0515. The van der Waals surface area contributed by atoms with Crippen LogP contribution < -0.4 is 10.5 Å². The van der Waals surface area contributed by atoms with E-state index >= 15 is 0 Å². The lowest BCUT2D eigenvalue weighted by molar-refractivity contribution is 0.260. The highest BCUT2D eigenvalue weighted by molar-refractivity contribution is 6.30. The summed E-state index contributed by atoms with van der Waals surface area (Å²) in [5, 5.41) is 0.773. The number of pyridine rings is 1. The summed E-state index contributed by atoms with van der Waals surface area (Å²) in [6.45, 7) is 6.70. The van der Waals surface area contributed by atoms with Gasteiger partial charge in [0.1, 0.15) is 5.65 Å². The summed E-state index contributed by atoms with van der Waals surface area (Å²) in [4.78, 5) is 22.1. The van der Waals surface area contributed by atoms with Crippen LogP contribution in [0.5, 0.6) is 0 Å². The van der Waals surface area contributed by atoms with Crippen molar-refractivity contribution in [2.24, 2.45) is 0 Å². The van der Waals surface area contributed by atoms with Crippen LogP contribution in [0.15, 0.2) is 53.5 Å². The van der Waals surface area contributed by atoms with Gasteiger partial charge in [-0.05, 0) is 43.7 Å². The van der Waals surface area contributed by atoms with Crippen LogP contribution in [0.4, 0.5) is 5.69 Å². The van der Waals surface area contributed by atoms with Crippen molar-refractivity contribution >= 4 is 22.9 Å². The molecule has 2 aromatic heterocycles. The molecule has 0 N–H and O–H groups in total. The summed E-state index contributed by atoms with van der Waals surface area (Å²) in [5.41, 5.74) is 3.59. The van der Waals surface area contributed by atoms with E-state index in [4.69, 9.17) is 11.6 Å². The highest BCUT2D eigenvalue weighted by Crippen LogP contribution is 2.20. The second kappa shape index (κ2) is 7.71. The lowest BCUT2D eigenvalue weighted by atomic mass is 10.1. The topological polar surface area (TPSA) is 40.9 Å². The summed E-state index contributed by atoms with van der Waals surface area (Å²) in [5.74, 6) is 0. The molecule has 1 aliphatic heterocycles. The standard InChI is InChI=1S/C21H23ClN4O/c1-16-19(21(27)26-9-3-2-7-20(26)23-16)8-10-24-11-13-25(14-12-24)18-6-4-5-17(22)15-18/h2-7,9,15H,8,10-14H2,1H3. The fourth-order valence-corrected chi connectivity index (χ4v) is 3.88. The van der Waals surface area contributed by atoms with Gasteiger partial charge in [-0.15, -0.1) is 0 Å². The van der Waals surface area contributed by atoms with Crippen molar-refractivity contribution in [2.45, 2.75) is 13.3 Å². The number of nitrogens with zero attached hydrogens (tertiary/aromatic N) is 4. The van der Waals surface area contributed by atoms with Crippen LogP contribution in [-0.4, -0.2) is 47.0 Å². The fourth-order valence-electron chi connectivity index (χ4n) is 3.70. The van der Waals surface area contributed by atoms with Crippen LogP contribution in [0, 0.1) is 6.92 Å². The number of benzene rings is 1. The van der Waals surface area contributed by atoms with E-state index in [0.29, 0.717) is 5.65 Å². The number of hydrogen-bond acceptors (Lipinski definition) is 4. The van der Waals surface area contributed by atoms with Gasteiger partial charge in [-0.1, -0.05) is 23.7 Å². The average molecular weight is 383 g/mol. The van der Waals surface area contributed by atoms with E-state index in [-0.39, 0.29) is 5.56 Å². The van der Waals surface area contributed by atoms with Gasteiger partial charge < -0.3 is 4.90 Å². The van der Waals surface area contributed by atoms with Crippen molar-refractivity contribution in [3.8, 4) is 0 Å². The summed E-state index contributed by atoms with van der Waals surface area (Å²) in [6, 6.07) is 13.7. The molecule has 0 aliphatic carbocycles. The molecule has 0 atom stereocenters. The number of aromatic nitrogens is 2. The molecule has 1 fully saturated rings. The van der Waals surface area contributed by atoms with Gasteiger partial charge in [-0.25, -0.2) is 4.98 Å². The third-order valence-corrected chi connectivity index (χ3v) is 5.49. The van der Waals surface area contributed by atoms with Gasteiger partial charge in [0, 0.05) is 60.9 Å². The minimum atomic E-state index is 0.0515. The smallest absolute Gasteiger partial charge is 0.261 e. The molecule has 3 aromatic rings. The van der Waals surface area contributed by atoms with E-state index in [1.807, 2.05) is 43.3 Å². The molecule has 0 unspecified atom stereocenters. The van der Waals surface area contributed by atoms with Gasteiger partial charge in [0.15, 0.2) is 0 Å². The molecule has 0 bridgehead atoms. The Morgan fingerprint density at radius 3 is 2.67 bits per heavy atom. The quantitative estimate of drug-likeness (QED) is 0.695. The molecule has 4 rings (SSSR count). The van der Waals surface area contributed by atoms with Gasteiger partial charge in [0.2, 0.25) is 0 Å². The molecule has 1 aromatic carbocycles. The molecule has 1 saturated heterocycles. The average Bonchev–Trinajstić information content (AvgIpc) is 2.68. The van der Waals surface area contributed by atoms with E-state index in [1.165, 1.54) is 5.69 Å². The second-order valence-electron chi connectivity index (χ2n) is 6.97. The van der Waals surface area contributed by atoms with Crippen molar-refractivity contribution in [1.82, 2.24) is 14.3 Å². The molecule has 140 valence electrons. The number of rotatable bonds is 4. The third kappa shape index (κ3) is 3.84. The maximum Gasteiger partial charge on any atom is 0.261 e. The van der Waals surface area contributed by atoms with Crippen molar-refractivity contribution in [3.05, 3.63) is 75.3 Å². The van der Waals surface area contributed by atoms with Crippen molar-refractivity contribution in [1.29, 1.82) is 0 Å². The number of halogens is 1. The first kappa shape index (κ1) is 18.0. The number of hydrogen-bond donors (Lipinski definition) is 0. The first-order valence-corrected chi connectivity index (χ1v) is 9.69. The SMILES string of the molecule is Cc1nc2ccccn2c(=O)c1CCN1CCN(c2cccc(Cl)c2)CC1. The zero-order valence-corrected chi connectivity index (χ0v) is 16.2. The highest BCUT2D eigenvalue weighted by atomic mass is 35.5. The van der Waals surface area contributed by atoms with Crippen molar-refractivity contribution in [2.75, 3.05) is 37.6 Å². The molecule has 0 saturated carbocycles. The molecule has 5 nitrogen and oxygen atoms in total. The molecule has 0 radical (unpaired) electrons. The highest BCUT2D eigenvalue weighted by Gasteiger charge is 2.18. The predicted molar refractivity (Wildman–Crippen MR) is 110 cm³/mol. The molecule has 0 amide bonds. The molecular weight excluding hydrogens is 360 g/mol. The third-order valence-electron chi connectivity index (χ3n) is 5.26. The Balaban J connectivity index is 1.41. The minimum Gasteiger partial charge on any atom is -0.369 e. The molecule has 6 heteroatoms. The lowest BCUT2D eigenvalue weighted by Gasteiger charge is -2.36. The summed E-state index contributed by atoms with van der Waals surface area (Å²) < 4.78 is 1.64. The number of piperazine rings is 1. The predicted octanol–water partition coefficient (Wildman–Crippen LogP) is 3.02. The van der Waals surface area contributed by atoms with Gasteiger partial charge in [0.05, 0.1) is 0 Å². The second-order valence-corrected chi connectivity index (χ2v) is 7.40. The van der Waals surface area contributed by atoms with Crippen molar-refractivity contribution < 1.29 is 0 Å².